The van der Waals surface area contributed by atoms with Crippen LogP contribution in [0.2, 0.25) is 0 Å². The van der Waals surface area contributed by atoms with Crippen LogP contribution < -0.4 is 10.4 Å². The number of benzene rings is 1. The van der Waals surface area contributed by atoms with E-state index in [4.69, 9.17) is 4.74 Å². The van der Waals surface area contributed by atoms with Crippen LogP contribution in [0.5, 0.6) is 5.75 Å². The molecule has 6 nitrogen and oxygen atoms in total. The molecule has 0 aliphatic heterocycles. The minimum absolute atomic E-state index is 0.0602. The predicted molar refractivity (Wildman–Crippen MR) is 81.3 cm³/mol. The van der Waals surface area contributed by atoms with Gasteiger partial charge in [0.1, 0.15) is 5.75 Å². The molecule has 0 bridgehead atoms. The molecule has 2 aromatic rings. The van der Waals surface area contributed by atoms with Crippen molar-refractivity contribution in [2.24, 2.45) is 0 Å². The molecule has 0 spiro atoms. The van der Waals surface area contributed by atoms with Gasteiger partial charge in [-0.15, -0.1) is 5.10 Å². The number of Topliss-reactive ketones (excluding diaryl/α,β-unsaturated/α-hetero) is 1. The number of rotatable bonds is 6. The standard InChI is InChI=1S/C14H17N3O3S/c1-4-17-13(19)15-16-14(17)21-8-11(18)10-6-5-9(2)7-12(10)20-3/h5-7H,4,8H2,1-3H3,(H,15,19). The summed E-state index contributed by atoms with van der Waals surface area (Å²) in [5, 5.41) is 6.81. The Bertz CT molecular complexity index is 706. The van der Waals surface area contributed by atoms with Gasteiger partial charge in [0.25, 0.3) is 0 Å². The molecule has 0 amide bonds. The number of aromatic nitrogens is 3. The number of carbonyl (C=O) groups excluding carboxylic acids is 1. The highest BCUT2D eigenvalue weighted by molar-refractivity contribution is 7.99. The number of ether oxygens (including phenoxy) is 1. The number of hydrogen-bond donors (Lipinski definition) is 1. The minimum Gasteiger partial charge on any atom is -0.496 e. The lowest BCUT2D eigenvalue weighted by Crippen LogP contribution is -2.16. The second-order valence-electron chi connectivity index (χ2n) is 4.47. The molecule has 0 atom stereocenters. The maximum Gasteiger partial charge on any atom is 0.343 e. The Hall–Kier alpha value is -2.02. The van der Waals surface area contributed by atoms with E-state index in [2.05, 4.69) is 10.2 Å². The zero-order valence-corrected chi connectivity index (χ0v) is 13.0. The third-order valence-corrected chi connectivity index (χ3v) is 4.01. The van der Waals surface area contributed by atoms with Crippen molar-refractivity contribution in [2.75, 3.05) is 12.9 Å². The summed E-state index contributed by atoms with van der Waals surface area (Å²) in [6, 6.07) is 5.46. The summed E-state index contributed by atoms with van der Waals surface area (Å²) < 4.78 is 6.73. The lowest BCUT2D eigenvalue weighted by atomic mass is 10.1. The molecule has 0 saturated heterocycles. The lowest BCUT2D eigenvalue weighted by Gasteiger charge is -2.08. The van der Waals surface area contributed by atoms with Gasteiger partial charge in [-0.2, -0.15) is 0 Å². The number of ketones is 1. The predicted octanol–water partition coefficient (Wildman–Crippen LogP) is 1.88. The molecule has 0 unspecified atom stereocenters. The van der Waals surface area contributed by atoms with Crippen LogP contribution in [0.4, 0.5) is 0 Å². The monoisotopic (exact) mass is 307 g/mol. The molecular formula is C14H17N3O3S. The lowest BCUT2D eigenvalue weighted by molar-refractivity contribution is 0.101. The number of carbonyl (C=O) groups is 1. The zero-order chi connectivity index (χ0) is 15.4. The van der Waals surface area contributed by atoms with Crippen molar-refractivity contribution in [2.45, 2.75) is 25.5 Å². The van der Waals surface area contributed by atoms with E-state index in [1.807, 2.05) is 26.0 Å². The Morgan fingerprint density at radius 1 is 1.48 bits per heavy atom. The number of nitrogens with zero attached hydrogens (tertiary/aromatic N) is 2. The van der Waals surface area contributed by atoms with Crippen LogP contribution in [-0.4, -0.2) is 33.4 Å². The van der Waals surface area contributed by atoms with Gasteiger partial charge in [-0.3, -0.25) is 9.36 Å². The van der Waals surface area contributed by atoms with Crippen LogP contribution in [0, 0.1) is 6.92 Å². The van der Waals surface area contributed by atoms with Crippen molar-refractivity contribution in [3.8, 4) is 5.75 Å². The van der Waals surface area contributed by atoms with Crippen molar-refractivity contribution in [3.63, 3.8) is 0 Å². The highest BCUT2D eigenvalue weighted by Crippen LogP contribution is 2.23. The highest BCUT2D eigenvalue weighted by atomic mass is 32.2. The quantitative estimate of drug-likeness (QED) is 0.651. The first-order chi connectivity index (χ1) is 10.1. The molecule has 1 aromatic carbocycles. The maximum absolute atomic E-state index is 12.3. The molecule has 0 saturated carbocycles. The first kappa shape index (κ1) is 15.4. The first-order valence-corrected chi connectivity index (χ1v) is 7.51. The van der Waals surface area contributed by atoms with Crippen LogP contribution in [0.15, 0.2) is 28.2 Å². The van der Waals surface area contributed by atoms with E-state index in [-0.39, 0.29) is 17.2 Å². The SMILES string of the molecule is CCn1c(SCC(=O)c2ccc(C)cc2OC)n[nH]c1=O. The zero-order valence-electron chi connectivity index (χ0n) is 12.2. The fourth-order valence-corrected chi connectivity index (χ4v) is 2.82. The van der Waals surface area contributed by atoms with Crippen molar-refractivity contribution in [1.82, 2.24) is 14.8 Å². The summed E-state index contributed by atoms with van der Waals surface area (Å²) in [4.78, 5) is 23.7. The molecule has 0 aliphatic carbocycles. The molecule has 1 heterocycles. The average molecular weight is 307 g/mol. The Morgan fingerprint density at radius 3 is 2.90 bits per heavy atom. The third kappa shape index (κ3) is 3.36. The molecule has 7 heteroatoms. The normalized spacial score (nSPS) is 10.6. The average Bonchev–Trinajstić information content (AvgIpc) is 2.84. The van der Waals surface area contributed by atoms with Crippen LogP contribution in [-0.2, 0) is 6.54 Å². The van der Waals surface area contributed by atoms with Crippen molar-refractivity contribution in [3.05, 3.63) is 39.8 Å². The van der Waals surface area contributed by atoms with Crippen molar-refractivity contribution < 1.29 is 9.53 Å². The van der Waals surface area contributed by atoms with Gasteiger partial charge in [-0.05, 0) is 31.5 Å². The topological polar surface area (TPSA) is 77.0 Å². The number of H-pyrrole nitrogens is 1. The van der Waals surface area contributed by atoms with Crippen molar-refractivity contribution in [1.29, 1.82) is 0 Å². The summed E-state index contributed by atoms with van der Waals surface area (Å²) in [6.07, 6.45) is 0. The van der Waals surface area contributed by atoms with Gasteiger partial charge in [0.2, 0.25) is 0 Å². The van der Waals surface area contributed by atoms with Gasteiger partial charge in [-0.25, -0.2) is 9.89 Å². The second-order valence-corrected chi connectivity index (χ2v) is 5.41. The number of hydrogen-bond acceptors (Lipinski definition) is 5. The molecule has 0 aliphatic rings. The molecule has 112 valence electrons. The van der Waals surface area contributed by atoms with E-state index < -0.39 is 0 Å². The number of nitrogens with one attached hydrogen (secondary N) is 1. The minimum atomic E-state index is -0.264. The van der Waals surface area contributed by atoms with E-state index in [0.717, 1.165) is 5.56 Å². The summed E-state index contributed by atoms with van der Waals surface area (Å²) in [5.41, 5.74) is 1.31. The van der Waals surface area contributed by atoms with Gasteiger partial charge in [0.05, 0.1) is 18.4 Å². The second kappa shape index (κ2) is 6.62. The fraction of sp³-hybridized carbons (Fsp3) is 0.357. The molecule has 1 N–H and O–H groups in total. The van der Waals surface area contributed by atoms with Crippen LogP contribution in [0.3, 0.4) is 0 Å². The smallest absolute Gasteiger partial charge is 0.343 e. The van der Waals surface area contributed by atoms with E-state index in [9.17, 15) is 9.59 Å². The van der Waals surface area contributed by atoms with Gasteiger partial charge in [-0.1, -0.05) is 17.8 Å². The maximum atomic E-state index is 12.3. The number of aryl methyl sites for hydroxylation is 1. The summed E-state index contributed by atoms with van der Waals surface area (Å²) >= 11 is 1.23. The number of methoxy groups -OCH3 is 1. The largest absolute Gasteiger partial charge is 0.496 e. The van der Waals surface area contributed by atoms with Crippen LogP contribution in [0.1, 0.15) is 22.8 Å². The Labute approximate surface area is 126 Å². The number of aromatic amines is 1. The van der Waals surface area contributed by atoms with Gasteiger partial charge in [0, 0.05) is 6.54 Å². The van der Waals surface area contributed by atoms with Crippen molar-refractivity contribution >= 4 is 17.5 Å². The Morgan fingerprint density at radius 2 is 2.24 bits per heavy atom. The van der Waals surface area contributed by atoms with Crippen LogP contribution >= 0.6 is 11.8 Å². The summed E-state index contributed by atoms with van der Waals surface area (Å²) in [5.74, 6) is 0.703. The number of thioether (sulfide) groups is 1. The molecule has 1 aromatic heterocycles. The molecular weight excluding hydrogens is 290 g/mol. The Kier molecular flexibility index (Phi) is 4.85. The van der Waals surface area contributed by atoms with Gasteiger partial charge in [0.15, 0.2) is 10.9 Å². The molecule has 21 heavy (non-hydrogen) atoms. The summed E-state index contributed by atoms with van der Waals surface area (Å²) in [7, 11) is 1.54. The van der Waals surface area contributed by atoms with E-state index in [0.29, 0.717) is 23.0 Å². The molecule has 0 fully saturated rings. The van der Waals surface area contributed by atoms with E-state index >= 15 is 0 Å². The third-order valence-electron chi connectivity index (χ3n) is 3.03. The van der Waals surface area contributed by atoms with E-state index in [1.165, 1.54) is 16.3 Å². The molecule has 2 rings (SSSR count). The highest BCUT2D eigenvalue weighted by Gasteiger charge is 2.15. The first-order valence-electron chi connectivity index (χ1n) is 6.52. The van der Waals surface area contributed by atoms with Gasteiger partial charge >= 0.3 is 5.69 Å². The van der Waals surface area contributed by atoms with E-state index in [1.54, 1.807) is 13.2 Å². The summed E-state index contributed by atoms with van der Waals surface area (Å²) in [6.45, 7) is 4.31. The van der Waals surface area contributed by atoms with Gasteiger partial charge < -0.3 is 4.74 Å². The molecule has 0 radical (unpaired) electrons. The van der Waals surface area contributed by atoms with Crippen LogP contribution in [0.25, 0.3) is 0 Å². The Balaban J connectivity index is 2.13. The fourth-order valence-electron chi connectivity index (χ4n) is 1.93.